The summed E-state index contributed by atoms with van der Waals surface area (Å²) in [7, 11) is 0. The first-order chi connectivity index (χ1) is 9.22. The predicted molar refractivity (Wildman–Crippen MR) is 83.0 cm³/mol. The highest BCUT2D eigenvalue weighted by Crippen LogP contribution is 2.25. The minimum atomic E-state index is 0.714. The second kappa shape index (κ2) is 5.71. The number of anilines is 1. The van der Waals surface area contributed by atoms with Crippen molar-refractivity contribution in [3.63, 3.8) is 0 Å². The van der Waals surface area contributed by atoms with Crippen LogP contribution in [-0.4, -0.2) is 35.1 Å². The Morgan fingerprint density at radius 2 is 2.32 bits per heavy atom. The normalized spacial score (nSPS) is 23.7. The Balaban J connectivity index is 1.67. The van der Waals surface area contributed by atoms with Crippen molar-refractivity contribution in [2.75, 3.05) is 23.7 Å². The fourth-order valence-electron chi connectivity index (χ4n) is 2.61. The van der Waals surface area contributed by atoms with Gasteiger partial charge in [0.25, 0.3) is 0 Å². The summed E-state index contributed by atoms with van der Waals surface area (Å²) in [5.41, 5.74) is 2.63. The highest BCUT2D eigenvalue weighted by atomic mass is 32.2. The lowest BCUT2D eigenvalue weighted by molar-refractivity contribution is 0.684. The number of nitrogens with one attached hydrogen (secondary N) is 1. The third-order valence-electron chi connectivity index (χ3n) is 3.82. The molecule has 0 spiro atoms. The second-order valence-electron chi connectivity index (χ2n) is 5.77. The van der Waals surface area contributed by atoms with E-state index in [0.29, 0.717) is 5.25 Å². The molecule has 1 saturated heterocycles. The van der Waals surface area contributed by atoms with Gasteiger partial charge in [-0.3, -0.25) is 0 Å². The van der Waals surface area contributed by atoms with Crippen molar-refractivity contribution in [2.45, 2.75) is 44.5 Å². The molecule has 1 aliphatic heterocycles. The fraction of sp³-hybridized carbons (Fsp3) is 0.667. The van der Waals surface area contributed by atoms with E-state index >= 15 is 0 Å². The van der Waals surface area contributed by atoms with Crippen molar-refractivity contribution in [3.05, 3.63) is 23.4 Å². The molecule has 104 valence electrons. The molecule has 1 unspecified atom stereocenters. The largest absolute Gasteiger partial charge is 0.354 e. The van der Waals surface area contributed by atoms with E-state index < -0.39 is 0 Å². The molecule has 2 heterocycles. The first kappa shape index (κ1) is 13.3. The molecule has 4 heteroatoms. The zero-order valence-corrected chi connectivity index (χ0v) is 12.7. The average molecular weight is 277 g/mol. The van der Waals surface area contributed by atoms with Gasteiger partial charge < -0.3 is 10.2 Å². The number of hydrogen-bond acceptors (Lipinski definition) is 4. The van der Waals surface area contributed by atoms with Gasteiger partial charge in [-0.05, 0) is 37.0 Å². The van der Waals surface area contributed by atoms with Gasteiger partial charge in [-0.25, -0.2) is 4.98 Å². The van der Waals surface area contributed by atoms with Crippen LogP contribution in [0.4, 0.5) is 5.82 Å². The first-order valence-corrected chi connectivity index (χ1v) is 8.32. The summed E-state index contributed by atoms with van der Waals surface area (Å²) in [5, 5.41) is 4.26. The van der Waals surface area contributed by atoms with Crippen molar-refractivity contribution in [2.24, 2.45) is 0 Å². The van der Waals surface area contributed by atoms with E-state index in [1.807, 2.05) is 6.20 Å². The number of aryl methyl sites for hydroxylation is 1. The van der Waals surface area contributed by atoms with Crippen LogP contribution in [0.15, 0.2) is 12.3 Å². The Kier molecular flexibility index (Phi) is 3.99. The fourth-order valence-corrected chi connectivity index (χ4v) is 3.63. The van der Waals surface area contributed by atoms with Gasteiger partial charge in [0, 0.05) is 42.9 Å². The molecule has 1 aromatic heterocycles. The maximum Gasteiger partial charge on any atom is 0.131 e. The second-order valence-corrected chi connectivity index (χ2v) is 7.31. The minimum Gasteiger partial charge on any atom is -0.354 e. The highest BCUT2D eigenvalue weighted by Gasteiger charge is 2.21. The zero-order valence-electron chi connectivity index (χ0n) is 11.9. The van der Waals surface area contributed by atoms with Crippen molar-refractivity contribution >= 4 is 17.6 Å². The van der Waals surface area contributed by atoms with Crippen LogP contribution in [0.2, 0.25) is 0 Å². The van der Waals surface area contributed by atoms with Gasteiger partial charge in [0.15, 0.2) is 0 Å². The maximum absolute atomic E-state index is 4.71. The van der Waals surface area contributed by atoms with Crippen LogP contribution in [0.25, 0.3) is 0 Å². The number of pyridine rings is 1. The first-order valence-electron chi connectivity index (χ1n) is 7.28. The highest BCUT2D eigenvalue weighted by molar-refractivity contribution is 8.00. The molecule has 3 nitrogen and oxygen atoms in total. The summed E-state index contributed by atoms with van der Waals surface area (Å²) in [4.78, 5) is 7.15. The van der Waals surface area contributed by atoms with E-state index in [2.05, 4.69) is 41.9 Å². The molecular weight excluding hydrogens is 254 g/mol. The quantitative estimate of drug-likeness (QED) is 0.915. The summed E-state index contributed by atoms with van der Waals surface area (Å²) >= 11 is 2.06. The Bertz CT molecular complexity index is 445. The molecule has 0 radical (unpaired) electrons. The van der Waals surface area contributed by atoms with E-state index in [1.54, 1.807) is 0 Å². The lowest BCUT2D eigenvalue weighted by atomic mass is 10.2. The molecule has 1 aliphatic carbocycles. The molecule has 3 rings (SSSR count). The number of hydrogen-bond donors (Lipinski definition) is 1. The Morgan fingerprint density at radius 3 is 3.00 bits per heavy atom. The molecule has 1 N–H and O–H groups in total. The Morgan fingerprint density at radius 1 is 1.47 bits per heavy atom. The van der Waals surface area contributed by atoms with Crippen LogP contribution < -0.4 is 10.2 Å². The Hall–Kier alpha value is -0.740. The lowest BCUT2D eigenvalue weighted by Crippen LogP contribution is -2.37. The predicted octanol–water partition coefficient (Wildman–Crippen LogP) is 2.58. The molecule has 19 heavy (non-hydrogen) atoms. The summed E-state index contributed by atoms with van der Waals surface area (Å²) in [6.45, 7) is 7.71. The number of rotatable bonds is 4. The molecule has 0 bridgehead atoms. The van der Waals surface area contributed by atoms with Gasteiger partial charge in [0.2, 0.25) is 0 Å². The molecule has 1 saturated carbocycles. The monoisotopic (exact) mass is 277 g/mol. The Labute approximate surface area is 120 Å². The molecular formula is C15H23N3S. The van der Waals surface area contributed by atoms with E-state index in [1.165, 1.54) is 35.5 Å². The average Bonchev–Trinajstić information content (AvgIpc) is 3.20. The van der Waals surface area contributed by atoms with Crippen LogP contribution in [0.1, 0.15) is 30.9 Å². The van der Waals surface area contributed by atoms with Crippen molar-refractivity contribution in [1.82, 2.24) is 10.3 Å². The summed E-state index contributed by atoms with van der Waals surface area (Å²) < 4.78 is 0. The third kappa shape index (κ3) is 3.42. The van der Waals surface area contributed by atoms with E-state index in [0.717, 1.165) is 25.7 Å². The van der Waals surface area contributed by atoms with Crippen LogP contribution in [0.5, 0.6) is 0 Å². The SMILES string of the molecule is Cc1cc(CNC2CC2)cnc1N1CCSC(C)C1. The van der Waals surface area contributed by atoms with Crippen LogP contribution in [0, 0.1) is 6.92 Å². The van der Waals surface area contributed by atoms with E-state index in [4.69, 9.17) is 4.98 Å². The van der Waals surface area contributed by atoms with E-state index in [9.17, 15) is 0 Å². The van der Waals surface area contributed by atoms with Gasteiger partial charge >= 0.3 is 0 Å². The third-order valence-corrected chi connectivity index (χ3v) is 4.96. The number of aromatic nitrogens is 1. The summed E-state index contributed by atoms with van der Waals surface area (Å²) in [6.07, 6.45) is 4.73. The zero-order chi connectivity index (χ0) is 13.2. The lowest BCUT2D eigenvalue weighted by Gasteiger charge is -2.32. The number of nitrogens with zero attached hydrogens (tertiary/aromatic N) is 2. The standard InChI is InChI=1S/C15H23N3S/c1-11-7-13(8-16-14-3-4-14)9-17-15(11)18-5-6-19-12(2)10-18/h7,9,12,14,16H,3-6,8,10H2,1-2H3. The van der Waals surface area contributed by atoms with Gasteiger partial charge in [-0.15, -0.1) is 0 Å². The summed E-state index contributed by atoms with van der Waals surface area (Å²) in [6, 6.07) is 3.06. The number of thioether (sulfide) groups is 1. The summed E-state index contributed by atoms with van der Waals surface area (Å²) in [5.74, 6) is 2.40. The van der Waals surface area contributed by atoms with Gasteiger partial charge in [0.1, 0.15) is 5.82 Å². The molecule has 2 aliphatic rings. The van der Waals surface area contributed by atoms with Gasteiger partial charge in [-0.2, -0.15) is 11.8 Å². The topological polar surface area (TPSA) is 28.2 Å². The minimum absolute atomic E-state index is 0.714. The smallest absolute Gasteiger partial charge is 0.131 e. The molecule has 2 fully saturated rings. The van der Waals surface area contributed by atoms with Crippen LogP contribution in [-0.2, 0) is 6.54 Å². The van der Waals surface area contributed by atoms with Crippen LogP contribution >= 0.6 is 11.8 Å². The van der Waals surface area contributed by atoms with Crippen molar-refractivity contribution in [1.29, 1.82) is 0 Å². The molecule has 1 aromatic rings. The van der Waals surface area contributed by atoms with Crippen molar-refractivity contribution < 1.29 is 0 Å². The van der Waals surface area contributed by atoms with Gasteiger partial charge in [0.05, 0.1) is 0 Å². The molecule has 0 aromatic carbocycles. The molecule has 1 atom stereocenters. The maximum atomic E-state index is 4.71. The van der Waals surface area contributed by atoms with Crippen LogP contribution in [0.3, 0.4) is 0 Å². The van der Waals surface area contributed by atoms with Crippen molar-refractivity contribution in [3.8, 4) is 0 Å². The van der Waals surface area contributed by atoms with E-state index in [-0.39, 0.29) is 0 Å². The molecule has 0 amide bonds. The van der Waals surface area contributed by atoms with Gasteiger partial charge in [-0.1, -0.05) is 6.92 Å².